The summed E-state index contributed by atoms with van der Waals surface area (Å²) in [4.78, 5) is 22.8. The van der Waals surface area contributed by atoms with Crippen molar-refractivity contribution < 1.29 is 14.7 Å². The number of carboxylic acid groups (broad SMARTS) is 1. The summed E-state index contributed by atoms with van der Waals surface area (Å²) in [6.45, 7) is 1.46. The van der Waals surface area contributed by atoms with Crippen LogP contribution in [0.5, 0.6) is 0 Å². The smallest absolute Gasteiger partial charge is 0.319 e. The molecule has 96 valence electrons. The van der Waals surface area contributed by atoms with Crippen LogP contribution in [-0.4, -0.2) is 36.1 Å². The highest BCUT2D eigenvalue weighted by atomic mass is 16.4. The monoisotopic (exact) mass is 240 g/mol. The van der Waals surface area contributed by atoms with E-state index in [-0.39, 0.29) is 5.91 Å². The summed E-state index contributed by atoms with van der Waals surface area (Å²) >= 11 is 0. The molecule has 3 N–H and O–H groups in total. The highest BCUT2D eigenvalue weighted by Gasteiger charge is 2.50. The third-order valence-corrected chi connectivity index (χ3v) is 3.70. The van der Waals surface area contributed by atoms with Gasteiger partial charge >= 0.3 is 5.97 Å². The molecule has 2 saturated carbocycles. The summed E-state index contributed by atoms with van der Waals surface area (Å²) in [5.74, 6) is -1.28. The average molecular weight is 240 g/mol. The Labute approximate surface area is 101 Å². The fourth-order valence-electron chi connectivity index (χ4n) is 2.12. The minimum atomic E-state index is -1.12. The van der Waals surface area contributed by atoms with Gasteiger partial charge in [0.15, 0.2) is 0 Å². The highest BCUT2D eigenvalue weighted by Crippen LogP contribution is 2.41. The van der Waals surface area contributed by atoms with Gasteiger partial charge in [0.1, 0.15) is 5.41 Å². The Morgan fingerprint density at radius 2 is 1.94 bits per heavy atom. The number of aliphatic carboxylic acids is 1. The summed E-state index contributed by atoms with van der Waals surface area (Å²) in [5.41, 5.74) is -1.12. The van der Waals surface area contributed by atoms with Crippen LogP contribution in [0.4, 0.5) is 0 Å². The lowest BCUT2D eigenvalue weighted by Crippen LogP contribution is -2.51. The third-order valence-electron chi connectivity index (χ3n) is 3.70. The van der Waals surface area contributed by atoms with E-state index in [9.17, 15) is 9.59 Å². The SMILES string of the molecule is O=C(O)C1(C(=O)NCCCNC2CC2)CCC1. The maximum atomic E-state index is 11.8. The van der Waals surface area contributed by atoms with Gasteiger partial charge < -0.3 is 15.7 Å². The Hall–Kier alpha value is -1.10. The summed E-state index contributed by atoms with van der Waals surface area (Å²) in [7, 11) is 0. The molecular weight excluding hydrogens is 220 g/mol. The summed E-state index contributed by atoms with van der Waals surface area (Å²) in [6, 6.07) is 0.683. The van der Waals surface area contributed by atoms with Crippen LogP contribution in [0.2, 0.25) is 0 Å². The number of rotatable bonds is 7. The maximum Gasteiger partial charge on any atom is 0.319 e. The molecule has 0 heterocycles. The molecule has 0 aliphatic heterocycles. The zero-order valence-electron chi connectivity index (χ0n) is 10.00. The number of carbonyl (C=O) groups excluding carboxylic acids is 1. The zero-order chi connectivity index (χ0) is 12.3. The molecule has 2 aliphatic rings. The predicted molar refractivity (Wildman–Crippen MR) is 62.6 cm³/mol. The number of amides is 1. The minimum Gasteiger partial charge on any atom is -0.480 e. The van der Waals surface area contributed by atoms with Gasteiger partial charge in [-0.05, 0) is 38.6 Å². The van der Waals surface area contributed by atoms with E-state index in [2.05, 4.69) is 10.6 Å². The molecule has 2 fully saturated rings. The van der Waals surface area contributed by atoms with Crippen molar-refractivity contribution in [3.8, 4) is 0 Å². The van der Waals surface area contributed by atoms with Gasteiger partial charge in [-0.25, -0.2) is 0 Å². The van der Waals surface area contributed by atoms with Crippen molar-refractivity contribution in [3.05, 3.63) is 0 Å². The van der Waals surface area contributed by atoms with Gasteiger partial charge in [-0.2, -0.15) is 0 Å². The van der Waals surface area contributed by atoms with Gasteiger partial charge in [-0.15, -0.1) is 0 Å². The number of nitrogens with one attached hydrogen (secondary N) is 2. The molecule has 0 radical (unpaired) electrons. The van der Waals surface area contributed by atoms with Crippen LogP contribution < -0.4 is 10.6 Å². The van der Waals surface area contributed by atoms with Gasteiger partial charge in [0.05, 0.1) is 0 Å². The molecule has 0 aromatic rings. The lowest BCUT2D eigenvalue weighted by atomic mass is 9.68. The topological polar surface area (TPSA) is 78.4 Å². The Bertz CT molecular complexity index is 309. The molecule has 1 amide bonds. The van der Waals surface area contributed by atoms with Crippen molar-refractivity contribution in [1.29, 1.82) is 0 Å². The summed E-state index contributed by atoms with van der Waals surface area (Å²) < 4.78 is 0. The van der Waals surface area contributed by atoms with Crippen molar-refractivity contribution in [3.63, 3.8) is 0 Å². The Balaban J connectivity index is 1.63. The quantitative estimate of drug-likeness (QED) is 0.447. The molecule has 5 nitrogen and oxygen atoms in total. The molecule has 2 aliphatic carbocycles. The Morgan fingerprint density at radius 1 is 1.24 bits per heavy atom. The van der Waals surface area contributed by atoms with Gasteiger partial charge in [0, 0.05) is 12.6 Å². The lowest BCUT2D eigenvalue weighted by molar-refractivity contribution is -0.162. The molecule has 0 unspecified atom stereocenters. The predicted octanol–water partition coefficient (Wildman–Crippen LogP) is 0.500. The fourth-order valence-corrected chi connectivity index (χ4v) is 2.12. The van der Waals surface area contributed by atoms with E-state index < -0.39 is 11.4 Å². The van der Waals surface area contributed by atoms with Gasteiger partial charge in [0.2, 0.25) is 5.91 Å². The van der Waals surface area contributed by atoms with Crippen LogP contribution >= 0.6 is 0 Å². The molecule has 0 bridgehead atoms. The van der Waals surface area contributed by atoms with Crippen LogP contribution in [0.25, 0.3) is 0 Å². The van der Waals surface area contributed by atoms with Crippen molar-refractivity contribution in [2.75, 3.05) is 13.1 Å². The standard InChI is InChI=1S/C12H20N2O3/c15-10(12(11(16)17)5-1-6-12)14-8-2-7-13-9-3-4-9/h9,13H,1-8H2,(H,14,15)(H,16,17). The second-order valence-corrected chi connectivity index (χ2v) is 5.08. The van der Waals surface area contributed by atoms with Crippen LogP contribution in [0, 0.1) is 5.41 Å². The molecule has 0 aromatic heterocycles. The second kappa shape index (κ2) is 5.04. The highest BCUT2D eigenvalue weighted by molar-refractivity contribution is 6.02. The zero-order valence-corrected chi connectivity index (χ0v) is 10.00. The molecule has 5 heteroatoms. The van der Waals surface area contributed by atoms with E-state index in [0.29, 0.717) is 25.4 Å². The maximum absolute atomic E-state index is 11.8. The molecule has 0 spiro atoms. The number of carboxylic acids is 1. The van der Waals surface area contributed by atoms with Gasteiger partial charge in [0.25, 0.3) is 0 Å². The Kier molecular flexibility index (Phi) is 3.66. The largest absolute Gasteiger partial charge is 0.480 e. The van der Waals surface area contributed by atoms with Crippen molar-refractivity contribution in [2.24, 2.45) is 5.41 Å². The molecule has 2 rings (SSSR count). The fraction of sp³-hybridized carbons (Fsp3) is 0.833. The minimum absolute atomic E-state index is 0.303. The number of hydrogen-bond acceptors (Lipinski definition) is 3. The van der Waals surface area contributed by atoms with Crippen LogP contribution in [0.3, 0.4) is 0 Å². The molecule has 0 saturated heterocycles. The Morgan fingerprint density at radius 3 is 2.41 bits per heavy atom. The first kappa shape index (κ1) is 12.4. The van der Waals surface area contributed by atoms with Crippen molar-refractivity contribution >= 4 is 11.9 Å². The van der Waals surface area contributed by atoms with Crippen LogP contribution in [0.15, 0.2) is 0 Å². The van der Waals surface area contributed by atoms with Crippen molar-refractivity contribution in [2.45, 2.75) is 44.6 Å². The first-order valence-electron chi connectivity index (χ1n) is 6.40. The van der Waals surface area contributed by atoms with E-state index >= 15 is 0 Å². The van der Waals surface area contributed by atoms with E-state index in [1.54, 1.807) is 0 Å². The normalized spacial score (nSPS) is 21.6. The summed E-state index contributed by atoms with van der Waals surface area (Å²) in [6.07, 6.45) is 5.17. The lowest BCUT2D eigenvalue weighted by Gasteiger charge is -2.35. The number of hydrogen-bond donors (Lipinski definition) is 3. The van der Waals surface area contributed by atoms with E-state index in [1.807, 2.05) is 0 Å². The summed E-state index contributed by atoms with van der Waals surface area (Å²) in [5, 5.41) is 15.2. The van der Waals surface area contributed by atoms with E-state index in [1.165, 1.54) is 12.8 Å². The average Bonchev–Trinajstić information content (AvgIpc) is 2.98. The first-order chi connectivity index (χ1) is 8.15. The molecule has 17 heavy (non-hydrogen) atoms. The van der Waals surface area contributed by atoms with Gasteiger partial charge in [-0.1, -0.05) is 6.42 Å². The molecule has 0 atom stereocenters. The second-order valence-electron chi connectivity index (χ2n) is 5.08. The van der Waals surface area contributed by atoms with E-state index in [0.717, 1.165) is 19.4 Å². The molecular formula is C12H20N2O3. The third kappa shape index (κ3) is 2.77. The number of carbonyl (C=O) groups is 2. The molecule has 0 aromatic carbocycles. The first-order valence-corrected chi connectivity index (χ1v) is 6.40. The van der Waals surface area contributed by atoms with Crippen molar-refractivity contribution in [1.82, 2.24) is 10.6 Å². The van der Waals surface area contributed by atoms with Crippen LogP contribution in [0.1, 0.15) is 38.5 Å². The van der Waals surface area contributed by atoms with E-state index in [4.69, 9.17) is 5.11 Å². The van der Waals surface area contributed by atoms with Gasteiger partial charge in [-0.3, -0.25) is 9.59 Å². The van der Waals surface area contributed by atoms with Crippen LogP contribution in [-0.2, 0) is 9.59 Å².